The van der Waals surface area contributed by atoms with E-state index < -0.39 is 5.91 Å². The first-order chi connectivity index (χ1) is 8.09. The van der Waals surface area contributed by atoms with Crippen LogP contribution in [-0.2, 0) is 0 Å². The number of nitrogens with two attached hydrogens (primary N) is 2. The molecule has 17 heavy (non-hydrogen) atoms. The number of anilines is 1. The van der Waals surface area contributed by atoms with Crippen LogP contribution in [0.2, 0.25) is 0 Å². The first-order valence-electron chi connectivity index (χ1n) is 5.07. The Balaban J connectivity index is 2.56. The molecule has 1 amide bonds. The molecule has 0 unspecified atom stereocenters. The van der Waals surface area contributed by atoms with Crippen molar-refractivity contribution in [3.63, 3.8) is 0 Å². The molecule has 0 saturated heterocycles. The normalized spacial score (nSPS) is 10.2. The number of hydrogen-bond donors (Lipinski definition) is 2. The van der Waals surface area contributed by atoms with Gasteiger partial charge in [0.2, 0.25) is 11.9 Å². The SMILES string of the molecule is Cc1c(C(N)=O)cccc1-c1cnc(N)nc1. The Kier molecular flexibility index (Phi) is 2.74. The maximum Gasteiger partial charge on any atom is 0.248 e. The Morgan fingerprint density at radius 2 is 1.88 bits per heavy atom. The van der Waals surface area contributed by atoms with Crippen LogP contribution < -0.4 is 11.5 Å². The number of carbonyl (C=O) groups is 1. The quantitative estimate of drug-likeness (QED) is 0.805. The Morgan fingerprint density at radius 3 is 2.47 bits per heavy atom. The van der Waals surface area contributed by atoms with Gasteiger partial charge in [-0.15, -0.1) is 0 Å². The van der Waals surface area contributed by atoms with Gasteiger partial charge >= 0.3 is 0 Å². The number of amides is 1. The minimum absolute atomic E-state index is 0.220. The predicted octanol–water partition coefficient (Wildman–Crippen LogP) is 1.13. The van der Waals surface area contributed by atoms with Gasteiger partial charge in [0, 0.05) is 23.5 Å². The molecule has 5 heteroatoms. The summed E-state index contributed by atoms with van der Waals surface area (Å²) in [5.41, 5.74) is 13.7. The number of nitrogen functional groups attached to an aromatic ring is 1. The molecule has 1 aromatic carbocycles. The summed E-state index contributed by atoms with van der Waals surface area (Å²) in [4.78, 5) is 19.1. The Labute approximate surface area is 98.5 Å². The van der Waals surface area contributed by atoms with Crippen LogP contribution in [0.15, 0.2) is 30.6 Å². The fourth-order valence-corrected chi connectivity index (χ4v) is 1.69. The third-order valence-corrected chi connectivity index (χ3v) is 2.58. The zero-order chi connectivity index (χ0) is 12.4. The Hall–Kier alpha value is -2.43. The number of hydrogen-bond acceptors (Lipinski definition) is 4. The highest BCUT2D eigenvalue weighted by atomic mass is 16.1. The van der Waals surface area contributed by atoms with Crippen LogP contribution in [0.1, 0.15) is 15.9 Å². The second-order valence-electron chi connectivity index (χ2n) is 3.67. The summed E-state index contributed by atoms with van der Waals surface area (Å²) < 4.78 is 0. The van der Waals surface area contributed by atoms with Crippen molar-refractivity contribution < 1.29 is 4.79 Å². The van der Waals surface area contributed by atoms with Crippen molar-refractivity contribution >= 4 is 11.9 Å². The number of carbonyl (C=O) groups excluding carboxylic acids is 1. The number of primary amides is 1. The molecular formula is C12H12N4O. The smallest absolute Gasteiger partial charge is 0.248 e. The van der Waals surface area contributed by atoms with Crippen LogP contribution in [0.3, 0.4) is 0 Å². The van der Waals surface area contributed by atoms with Crippen molar-refractivity contribution in [2.75, 3.05) is 5.73 Å². The van der Waals surface area contributed by atoms with Crippen LogP contribution in [0.4, 0.5) is 5.95 Å². The highest BCUT2D eigenvalue weighted by molar-refractivity contribution is 5.96. The number of aromatic nitrogens is 2. The average molecular weight is 228 g/mol. The van der Waals surface area contributed by atoms with Gasteiger partial charge in [-0.2, -0.15) is 0 Å². The van der Waals surface area contributed by atoms with Gasteiger partial charge < -0.3 is 11.5 Å². The highest BCUT2D eigenvalue weighted by Gasteiger charge is 2.10. The van der Waals surface area contributed by atoms with Crippen LogP contribution in [0.25, 0.3) is 11.1 Å². The summed E-state index contributed by atoms with van der Waals surface area (Å²) >= 11 is 0. The van der Waals surface area contributed by atoms with E-state index in [0.29, 0.717) is 5.56 Å². The molecular weight excluding hydrogens is 216 g/mol. The molecule has 0 spiro atoms. The van der Waals surface area contributed by atoms with Crippen molar-refractivity contribution in [3.8, 4) is 11.1 Å². The van der Waals surface area contributed by atoms with E-state index in [1.54, 1.807) is 24.5 Å². The maximum absolute atomic E-state index is 11.2. The van der Waals surface area contributed by atoms with Crippen molar-refractivity contribution in [2.24, 2.45) is 5.73 Å². The Morgan fingerprint density at radius 1 is 1.24 bits per heavy atom. The fourth-order valence-electron chi connectivity index (χ4n) is 1.69. The lowest BCUT2D eigenvalue weighted by molar-refractivity contribution is 0.1000. The van der Waals surface area contributed by atoms with Gasteiger partial charge in [0.1, 0.15) is 0 Å². The summed E-state index contributed by atoms with van der Waals surface area (Å²) in [6, 6.07) is 5.36. The number of benzene rings is 1. The van der Waals surface area contributed by atoms with Gasteiger partial charge in [0.05, 0.1) is 0 Å². The van der Waals surface area contributed by atoms with Gasteiger partial charge in [0.25, 0.3) is 0 Å². The van der Waals surface area contributed by atoms with Gasteiger partial charge in [-0.25, -0.2) is 9.97 Å². The van der Waals surface area contributed by atoms with Gasteiger partial charge in [-0.3, -0.25) is 4.79 Å². The molecule has 1 aromatic heterocycles. The van der Waals surface area contributed by atoms with E-state index in [-0.39, 0.29) is 5.95 Å². The van der Waals surface area contributed by atoms with Crippen molar-refractivity contribution in [1.82, 2.24) is 9.97 Å². The second-order valence-corrected chi connectivity index (χ2v) is 3.67. The van der Waals surface area contributed by atoms with E-state index >= 15 is 0 Å². The van der Waals surface area contributed by atoms with Crippen molar-refractivity contribution in [1.29, 1.82) is 0 Å². The molecule has 0 saturated carbocycles. The lowest BCUT2D eigenvalue weighted by Crippen LogP contribution is -2.13. The van der Waals surface area contributed by atoms with Crippen LogP contribution in [0.5, 0.6) is 0 Å². The van der Waals surface area contributed by atoms with Gasteiger partial charge in [-0.1, -0.05) is 12.1 Å². The molecule has 4 N–H and O–H groups in total. The molecule has 86 valence electrons. The molecule has 0 aliphatic heterocycles. The predicted molar refractivity (Wildman–Crippen MR) is 65.1 cm³/mol. The van der Waals surface area contributed by atoms with Crippen LogP contribution in [-0.4, -0.2) is 15.9 Å². The second kappa shape index (κ2) is 4.21. The molecule has 0 radical (unpaired) electrons. The highest BCUT2D eigenvalue weighted by Crippen LogP contribution is 2.24. The molecule has 0 atom stereocenters. The molecule has 5 nitrogen and oxygen atoms in total. The average Bonchev–Trinajstić information content (AvgIpc) is 2.30. The first-order valence-corrected chi connectivity index (χ1v) is 5.07. The maximum atomic E-state index is 11.2. The summed E-state index contributed by atoms with van der Waals surface area (Å²) in [6.07, 6.45) is 3.24. The van der Waals surface area contributed by atoms with E-state index in [1.165, 1.54) is 0 Å². The van der Waals surface area contributed by atoms with Gasteiger partial charge in [0.15, 0.2) is 0 Å². The minimum atomic E-state index is -0.444. The molecule has 0 fully saturated rings. The van der Waals surface area contributed by atoms with Crippen molar-refractivity contribution in [3.05, 3.63) is 41.7 Å². The minimum Gasteiger partial charge on any atom is -0.368 e. The zero-order valence-corrected chi connectivity index (χ0v) is 9.34. The molecule has 2 aromatic rings. The van der Waals surface area contributed by atoms with E-state index in [1.807, 2.05) is 13.0 Å². The van der Waals surface area contributed by atoms with Crippen molar-refractivity contribution in [2.45, 2.75) is 6.92 Å². The topological polar surface area (TPSA) is 94.9 Å². The van der Waals surface area contributed by atoms with E-state index in [9.17, 15) is 4.79 Å². The molecule has 0 aliphatic carbocycles. The summed E-state index contributed by atoms with van der Waals surface area (Å²) in [5, 5.41) is 0. The van der Waals surface area contributed by atoms with Crippen LogP contribution in [0, 0.1) is 6.92 Å². The third-order valence-electron chi connectivity index (χ3n) is 2.58. The summed E-state index contributed by atoms with van der Waals surface area (Å²) in [6.45, 7) is 1.84. The standard InChI is InChI=1S/C12H12N4O/c1-7-9(3-2-4-10(7)11(13)17)8-5-15-12(14)16-6-8/h2-6H,1H3,(H2,13,17)(H2,14,15,16). The molecule has 0 bridgehead atoms. The zero-order valence-electron chi connectivity index (χ0n) is 9.34. The molecule has 0 aliphatic rings. The summed E-state index contributed by atoms with van der Waals surface area (Å²) in [7, 11) is 0. The largest absolute Gasteiger partial charge is 0.368 e. The monoisotopic (exact) mass is 228 g/mol. The fraction of sp³-hybridized carbons (Fsp3) is 0.0833. The number of nitrogens with zero attached hydrogens (tertiary/aromatic N) is 2. The van der Waals surface area contributed by atoms with E-state index in [4.69, 9.17) is 11.5 Å². The number of rotatable bonds is 2. The van der Waals surface area contributed by atoms with Gasteiger partial charge in [-0.05, 0) is 24.1 Å². The van der Waals surface area contributed by atoms with E-state index in [0.717, 1.165) is 16.7 Å². The Bertz CT molecular complexity index is 563. The molecule has 2 rings (SSSR count). The lowest BCUT2D eigenvalue weighted by Gasteiger charge is -2.08. The summed E-state index contributed by atoms with van der Waals surface area (Å²) in [5.74, 6) is -0.224. The van der Waals surface area contributed by atoms with E-state index in [2.05, 4.69) is 9.97 Å². The van der Waals surface area contributed by atoms with Crippen LogP contribution >= 0.6 is 0 Å². The third kappa shape index (κ3) is 2.08. The molecule has 1 heterocycles. The first kappa shape index (κ1) is 11.1. The lowest BCUT2D eigenvalue weighted by atomic mass is 9.98.